The maximum Gasteiger partial charge on any atom is 0.316 e. The molecule has 0 atom stereocenters. The second-order valence-corrected chi connectivity index (χ2v) is 5.50. The number of hydrogen-bond donors (Lipinski definition) is 4. The Morgan fingerprint density at radius 2 is 1.50 bits per heavy atom. The summed E-state index contributed by atoms with van der Waals surface area (Å²) in [5.41, 5.74) is 6.31. The van der Waals surface area contributed by atoms with Crippen molar-refractivity contribution in [2.24, 2.45) is 0 Å². The Kier molecular flexibility index (Phi) is 4.53. The third-order valence-electron chi connectivity index (χ3n) is 3.79. The Morgan fingerprint density at radius 3 is 2.27 bits per heavy atom. The topological polar surface area (TPSA) is 122 Å². The Balaban J connectivity index is 1.76. The average Bonchev–Trinajstić information content (AvgIpc) is 2.62. The number of nitrogens with one attached hydrogen (secondary N) is 2. The number of para-hydroxylation sites is 1. The van der Waals surface area contributed by atoms with Crippen LogP contribution in [0.3, 0.4) is 0 Å². The maximum atomic E-state index is 12.1. The first-order chi connectivity index (χ1) is 12.5. The van der Waals surface area contributed by atoms with Gasteiger partial charge in [-0.2, -0.15) is 0 Å². The van der Waals surface area contributed by atoms with Crippen LogP contribution >= 0.6 is 0 Å². The van der Waals surface area contributed by atoms with Crippen LogP contribution in [-0.2, 0) is 9.59 Å². The largest absolute Gasteiger partial charge is 0.507 e. The Hall–Kier alpha value is -3.87. The minimum Gasteiger partial charge on any atom is -0.507 e. The number of phenols is 1. The molecule has 5 N–H and O–H groups in total. The van der Waals surface area contributed by atoms with E-state index in [1.165, 1.54) is 18.2 Å². The van der Waals surface area contributed by atoms with Gasteiger partial charge in [-0.1, -0.05) is 36.4 Å². The summed E-state index contributed by atoms with van der Waals surface area (Å²) in [5, 5.41) is 15.4. The highest BCUT2D eigenvalue weighted by Gasteiger charge is 2.20. The smallest absolute Gasteiger partial charge is 0.316 e. The first kappa shape index (κ1) is 17.0. The van der Waals surface area contributed by atoms with Crippen LogP contribution in [0.25, 0.3) is 10.8 Å². The standard InChI is InChI=1S/C19H15N3O4/c20-14-8-2-1-5-13(14)17(24)22-19(26)18(25)21-15-9-3-7-12-11(15)6-4-10-16(12)23/h1-10,23H,20H2,(H,21,25)(H,22,24,26). The minimum absolute atomic E-state index is 0.0535. The van der Waals surface area contributed by atoms with E-state index in [4.69, 9.17) is 5.73 Å². The number of nitrogen functional groups attached to an aromatic ring is 1. The van der Waals surface area contributed by atoms with Crippen molar-refractivity contribution in [2.75, 3.05) is 11.1 Å². The summed E-state index contributed by atoms with van der Waals surface area (Å²) in [6.45, 7) is 0. The lowest BCUT2D eigenvalue weighted by atomic mass is 10.1. The van der Waals surface area contributed by atoms with Crippen LogP contribution in [0.2, 0.25) is 0 Å². The third kappa shape index (κ3) is 3.32. The molecule has 130 valence electrons. The van der Waals surface area contributed by atoms with Gasteiger partial charge < -0.3 is 16.2 Å². The van der Waals surface area contributed by atoms with Gasteiger partial charge in [0.05, 0.1) is 5.56 Å². The number of rotatable bonds is 2. The van der Waals surface area contributed by atoms with E-state index in [2.05, 4.69) is 5.32 Å². The van der Waals surface area contributed by atoms with Crippen molar-refractivity contribution in [1.82, 2.24) is 5.32 Å². The summed E-state index contributed by atoms with van der Waals surface area (Å²) in [6.07, 6.45) is 0. The third-order valence-corrected chi connectivity index (χ3v) is 3.79. The van der Waals surface area contributed by atoms with Crippen molar-refractivity contribution in [3.63, 3.8) is 0 Å². The number of aromatic hydroxyl groups is 1. The van der Waals surface area contributed by atoms with Gasteiger partial charge in [0.25, 0.3) is 5.91 Å². The van der Waals surface area contributed by atoms with Crippen molar-refractivity contribution < 1.29 is 19.5 Å². The van der Waals surface area contributed by atoms with Crippen molar-refractivity contribution in [3.05, 3.63) is 66.2 Å². The van der Waals surface area contributed by atoms with E-state index in [1.807, 2.05) is 5.32 Å². The quantitative estimate of drug-likeness (QED) is 0.416. The molecule has 0 aliphatic heterocycles. The Bertz CT molecular complexity index is 1030. The van der Waals surface area contributed by atoms with Crippen LogP contribution in [0.4, 0.5) is 11.4 Å². The van der Waals surface area contributed by atoms with E-state index >= 15 is 0 Å². The fourth-order valence-electron chi connectivity index (χ4n) is 2.51. The summed E-state index contributed by atoms with van der Waals surface area (Å²) in [4.78, 5) is 36.2. The maximum absolute atomic E-state index is 12.1. The van der Waals surface area contributed by atoms with Gasteiger partial charge in [-0.15, -0.1) is 0 Å². The normalized spacial score (nSPS) is 10.3. The highest BCUT2D eigenvalue weighted by Crippen LogP contribution is 2.29. The molecule has 7 nitrogen and oxygen atoms in total. The zero-order valence-electron chi connectivity index (χ0n) is 13.5. The first-order valence-electron chi connectivity index (χ1n) is 7.69. The molecule has 3 rings (SSSR count). The van der Waals surface area contributed by atoms with Crippen LogP contribution in [0, 0.1) is 0 Å². The van der Waals surface area contributed by atoms with E-state index in [9.17, 15) is 19.5 Å². The van der Waals surface area contributed by atoms with Crippen molar-refractivity contribution in [3.8, 4) is 5.75 Å². The predicted octanol–water partition coefficient (Wildman–Crippen LogP) is 2.02. The summed E-state index contributed by atoms with van der Waals surface area (Å²) in [5.74, 6) is -2.84. The first-order valence-corrected chi connectivity index (χ1v) is 7.69. The van der Waals surface area contributed by atoms with Gasteiger partial charge in [0.2, 0.25) is 0 Å². The molecule has 26 heavy (non-hydrogen) atoms. The molecule has 0 unspecified atom stereocenters. The Labute approximate surface area is 148 Å². The minimum atomic E-state index is -1.12. The van der Waals surface area contributed by atoms with E-state index in [-0.39, 0.29) is 17.0 Å². The number of benzene rings is 3. The van der Waals surface area contributed by atoms with Gasteiger partial charge >= 0.3 is 11.8 Å². The molecule has 0 saturated heterocycles. The number of hydrogen-bond acceptors (Lipinski definition) is 5. The van der Waals surface area contributed by atoms with Crippen LogP contribution in [0.15, 0.2) is 60.7 Å². The van der Waals surface area contributed by atoms with Gasteiger partial charge in [0.1, 0.15) is 5.75 Å². The summed E-state index contributed by atoms with van der Waals surface area (Å²) in [7, 11) is 0. The monoisotopic (exact) mass is 349 g/mol. The zero-order chi connectivity index (χ0) is 18.7. The molecule has 0 bridgehead atoms. The SMILES string of the molecule is Nc1ccccc1C(=O)NC(=O)C(=O)Nc1cccc2c(O)cccc12. The number of fused-ring (bicyclic) bond motifs is 1. The van der Waals surface area contributed by atoms with Gasteiger partial charge in [0.15, 0.2) is 0 Å². The number of amides is 3. The molecule has 0 heterocycles. The van der Waals surface area contributed by atoms with Crippen molar-refractivity contribution in [1.29, 1.82) is 0 Å². The Morgan fingerprint density at radius 1 is 0.808 bits per heavy atom. The van der Waals surface area contributed by atoms with Crippen LogP contribution in [0.1, 0.15) is 10.4 Å². The molecule has 0 aromatic heterocycles. The molecular formula is C19H15N3O4. The zero-order valence-corrected chi connectivity index (χ0v) is 13.5. The molecule has 0 saturated carbocycles. The molecule has 0 aliphatic rings. The molecule has 3 aromatic carbocycles. The molecule has 0 spiro atoms. The van der Waals surface area contributed by atoms with Gasteiger partial charge in [-0.3, -0.25) is 19.7 Å². The van der Waals surface area contributed by atoms with Crippen molar-refractivity contribution >= 4 is 39.9 Å². The van der Waals surface area contributed by atoms with E-state index in [0.29, 0.717) is 16.5 Å². The number of nitrogens with two attached hydrogens (primary N) is 1. The highest BCUT2D eigenvalue weighted by atomic mass is 16.3. The molecule has 3 amide bonds. The fourth-order valence-corrected chi connectivity index (χ4v) is 2.51. The second kappa shape index (κ2) is 6.94. The lowest BCUT2D eigenvalue weighted by Crippen LogP contribution is -2.39. The average molecular weight is 349 g/mol. The molecule has 7 heteroatoms. The molecule has 0 aliphatic carbocycles. The van der Waals surface area contributed by atoms with E-state index < -0.39 is 17.7 Å². The number of anilines is 2. The molecule has 3 aromatic rings. The lowest BCUT2D eigenvalue weighted by molar-refractivity contribution is -0.135. The predicted molar refractivity (Wildman–Crippen MR) is 97.6 cm³/mol. The van der Waals surface area contributed by atoms with Crippen LogP contribution in [-0.4, -0.2) is 22.8 Å². The summed E-state index contributed by atoms with van der Waals surface area (Å²) < 4.78 is 0. The number of imide groups is 1. The summed E-state index contributed by atoms with van der Waals surface area (Å²) in [6, 6.07) is 15.9. The van der Waals surface area contributed by atoms with Gasteiger partial charge in [-0.05, 0) is 24.3 Å². The second-order valence-electron chi connectivity index (χ2n) is 5.50. The van der Waals surface area contributed by atoms with Crippen molar-refractivity contribution in [2.45, 2.75) is 0 Å². The van der Waals surface area contributed by atoms with Gasteiger partial charge in [0, 0.05) is 22.1 Å². The number of carbonyl (C=O) groups is 3. The van der Waals surface area contributed by atoms with Crippen LogP contribution < -0.4 is 16.4 Å². The molecule has 0 fully saturated rings. The van der Waals surface area contributed by atoms with E-state index in [1.54, 1.807) is 42.5 Å². The molecule has 0 radical (unpaired) electrons. The highest BCUT2D eigenvalue weighted by molar-refractivity contribution is 6.43. The van der Waals surface area contributed by atoms with Gasteiger partial charge in [-0.25, -0.2) is 0 Å². The number of carbonyl (C=O) groups excluding carboxylic acids is 3. The van der Waals surface area contributed by atoms with E-state index in [0.717, 1.165) is 0 Å². The molecular weight excluding hydrogens is 334 g/mol. The number of phenolic OH excluding ortho intramolecular Hbond substituents is 1. The fraction of sp³-hybridized carbons (Fsp3) is 0. The lowest BCUT2D eigenvalue weighted by Gasteiger charge is -2.10. The summed E-state index contributed by atoms with van der Waals surface area (Å²) >= 11 is 0. The van der Waals surface area contributed by atoms with Crippen LogP contribution in [0.5, 0.6) is 5.75 Å².